The fourth-order valence-corrected chi connectivity index (χ4v) is 4.67. The van der Waals surface area contributed by atoms with E-state index in [9.17, 15) is 4.79 Å². The Morgan fingerprint density at radius 2 is 2.04 bits per heavy atom. The first-order chi connectivity index (χ1) is 12.1. The van der Waals surface area contributed by atoms with Gasteiger partial charge in [-0.05, 0) is 38.3 Å². The van der Waals surface area contributed by atoms with E-state index in [4.69, 9.17) is 17.0 Å². The zero-order valence-corrected chi connectivity index (χ0v) is 16.5. The molecule has 0 radical (unpaired) electrons. The largest absolute Gasteiger partial charge is 0.490 e. The lowest BCUT2D eigenvalue weighted by Gasteiger charge is -2.29. The topological polar surface area (TPSA) is 29.5 Å². The molecule has 1 aromatic carbocycles. The van der Waals surface area contributed by atoms with E-state index < -0.39 is 0 Å². The van der Waals surface area contributed by atoms with Crippen LogP contribution in [0.2, 0.25) is 0 Å². The predicted octanol–water partition coefficient (Wildman–Crippen LogP) is 5.40. The van der Waals surface area contributed by atoms with Crippen molar-refractivity contribution >= 4 is 40.3 Å². The minimum absolute atomic E-state index is 0.0558. The van der Waals surface area contributed by atoms with Crippen molar-refractivity contribution in [3.8, 4) is 5.75 Å². The number of hydrogen-bond donors (Lipinski definition) is 0. The van der Waals surface area contributed by atoms with Crippen LogP contribution in [0, 0.1) is 0 Å². The van der Waals surface area contributed by atoms with E-state index in [1.165, 1.54) is 31.0 Å². The highest BCUT2D eigenvalue weighted by Crippen LogP contribution is 2.38. The van der Waals surface area contributed by atoms with Crippen molar-refractivity contribution in [1.29, 1.82) is 0 Å². The fraction of sp³-hybridized carbons (Fsp3) is 0.500. The molecule has 1 amide bonds. The highest BCUT2D eigenvalue weighted by atomic mass is 32.2. The third-order valence-corrected chi connectivity index (χ3v) is 6.20. The number of thiocarbonyl (C=S) groups is 1. The second-order valence-electron chi connectivity index (χ2n) is 6.72. The van der Waals surface area contributed by atoms with Gasteiger partial charge in [-0.15, -0.1) is 0 Å². The van der Waals surface area contributed by atoms with Crippen LogP contribution in [-0.4, -0.2) is 27.3 Å². The van der Waals surface area contributed by atoms with Gasteiger partial charge in [0.15, 0.2) is 0 Å². The summed E-state index contributed by atoms with van der Waals surface area (Å²) in [7, 11) is 0. The van der Waals surface area contributed by atoms with Gasteiger partial charge < -0.3 is 4.74 Å². The molecule has 5 heteroatoms. The molecule has 1 aliphatic carbocycles. The number of amides is 1. The number of para-hydroxylation sites is 1. The third-order valence-electron chi connectivity index (χ3n) is 4.87. The molecular weight excluding hydrogens is 350 g/mol. The molecule has 1 heterocycles. The molecule has 2 fully saturated rings. The van der Waals surface area contributed by atoms with E-state index in [0.717, 1.165) is 30.6 Å². The van der Waals surface area contributed by atoms with Gasteiger partial charge in [-0.25, -0.2) is 0 Å². The smallest absolute Gasteiger partial charge is 0.266 e. The Bertz CT molecular complexity index is 680. The summed E-state index contributed by atoms with van der Waals surface area (Å²) in [5.74, 6) is 0.875. The maximum atomic E-state index is 12.9. The Morgan fingerprint density at radius 3 is 2.76 bits per heavy atom. The summed E-state index contributed by atoms with van der Waals surface area (Å²) >= 11 is 6.93. The Morgan fingerprint density at radius 1 is 1.32 bits per heavy atom. The standard InChI is InChI=1S/C20H25NO2S2/c1-3-14(2)23-17-12-8-7-9-15(17)13-18-19(22)21(20(24)25-18)16-10-5-4-6-11-16/h7-9,12-14,16H,3-6,10-11H2,1-2H3/b18-13-/t14-/m0/s1. The summed E-state index contributed by atoms with van der Waals surface area (Å²) in [6.45, 7) is 4.15. The van der Waals surface area contributed by atoms with Crippen molar-refractivity contribution in [2.75, 3.05) is 0 Å². The zero-order valence-electron chi connectivity index (χ0n) is 14.9. The van der Waals surface area contributed by atoms with Gasteiger partial charge in [0.2, 0.25) is 0 Å². The van der Waals surface area contributed by atoms with Gasteiger partial charge in [-0.3, -0.25) is 9.69 Å². The van der Waals surface area contributed by atoms with Gasteiger partial charge in [-0.1, -0.05) is 68.4 Å². The molecule has 25 heavy (non-hydrogen) atoms. The van der Waals surface area contributed by atoms with E-state index in [2.05, 4.69) is 13.8 Å². The molecular formula is C20H25NO2S2. The maximum Gasteiger partial charge on any atom is 0.266 e. The van der Waals surface area contributed by atoms with Gasteiger partial charge in [0.05, 0.1) is 11.0 Å². The first-order valence-corrected chi connectivity index (χ1v) is 10.4. The van der Waals surface area contributed by atoms with Crippen molar-refractivity contribution < 1.29 is 9.53 Å². The normalized spacial score (nSPS) is 21.8. The highest BCUT2D eigenvalue weighted by Gasteiger charge is 2.37. The molecule has 1 atom stereocenters. The molecule has 0 N–H and O–H groups in total. The number of carbonyl (C=O) groups excluding carboxylic acids is 1. The Balaban J connectivity index is 1.82. The first-order valence-electron chi connectivity index (χ1n) is 9.13. The predicted molar refractivity (Wildman–Crippen MR) is 109 cm³/mol. The number of carbonyl (C=O) groups is 1. The van der Waals surface area contributed by atoms with E-state index in [1.54, 1.807) is 0 Å². The molecule has 2 aliphatic rings. The van der Waals surface area contributed by atoms with Gasteiger partial charge >= 0.3 is 0 Å². The SMILES string of the molecule is CC[C@H](C)Oc1ccccc1/C=C1\SC(=S)N(C2CCCCC2)C1=O. The number of rotatable bonds is 5. The van der Waals surface area contributed by atoms with Crippen LogP contribution in [0.15, 0.2) is 29.2 Å². The summed E-state index contributed by atoms with van der Waals surface area (Å²) < 4.78 is 6.70. The number of thioether (sulfide) groups is 1. The van der Waals surface area contributed by atoms with Crippen molar-refractivity contribution in [3.05, 3.63) is 34.7 Å². The molecule has 134 valence electrons. The quantitative estimate of drug-likeness (QED) is 0.509. The molecule has 0 spiro atoms. The highest BCUT2D eigenvalue weighted by molar-refractivity contribution is 8.26. The van der Waals surface area contributed by atoms with Gasteiger partial charge in [0, 0.05) is 11.6 Å². The minimum atomic E-state index is 0.0558. The van der Waals surface area contributed by atoms with Crippen molar-refractivity contribution in [2.24, 2.45) is 0 Å². The molecule has 1 aromatic rings. The molecule has 1 saturated carbocycles. The number of benzene rings is 1. The Kier molecular flexibility index (Phi) is 6.18. The van der Waals surface area contributed by atoms with Crippen LogP contribution in [0.4, 0.5) is 0 Å². The van der Waals surface area contributed by atoms with Gasteiger partial charge in [-0.2, -0.15) is 0 Å². The van der Waals surface area contributed by atoms with Crippen LogP contribution >= 0.6 is 24.0 Å². The van der Waals surface area contributed by atoms with Gasteiger partial charge in [0.1, 0.15) is 10.1 Å². The van der Waals surface area contributed by atoms with E-state index in [-0.39, 0.29) is 18.1 Å². The van der Waals surface area contributed by atoms with Crippen LogP contribution in [-0.2, 0) is 4.79 Å². The van der Waals surface area contributed by atoms with Gasteiger partial charge in [0.25, 0.3) is 5.91 Å². The second-order valence-corrected chi connectivity index (χ2v) is 8.39. The van der Waals surface area contributed by atoms with E-state index in [1.807, 2.05) is 35.2 Å². The molecule has 1 saturated heterocycles. The number of hydrogen-bond acceptors (Lipinski definition) is 4. The first kappa shape index (κ1) is 18.5. The van der Waals surface area contributed by atoms with E-state index >= 15 is 0 Å². The lowest BCUT2D eigenvalue weighted by atomic mass is 9.94. The summed E-state index contributed by atoms with van der Waals surface area (Å²) in [6.07, 6.45) is 8.78. The Hall–Kier alpha value is -1.33. The van der Waals surface area contributed by atoms with Crippen molar-refractivity contribution in [2.45, 2.75) is 64.5 Å². The Labute approximate surface area is 159 Å². The van der Waals surface area contributed by atoms with Crippen LogP contribution in [0.25, 0.3) is 6.08 Å². The average molecular weight is 376 g/mol. The lowest BCUT2D eigenvalue weighted by Crippen LogP contribution is -2.39. The molecule has 3 nitrogen and oxygen atoms in total. The van der Waals surface area contributed by atoms with Crippen molar-refractivity contribution in [1.82, 2.24) is 4.90 Å². The van der Waals surface area contributed by atoms with Crippen LogP contribution in [0.3, 0.4) is 0 Å². The molecule has 0 bridgehead atoms. The molecule has 3 rings (SSSR count). The number of nitrogens with zero attached hydrogens (tertiary/aromatic N) is 1. The lowest BCUT2D eigenvalue weighted by molar-refractivity contribution is -0.124. The molecule has 1 aliphatic heterocycles. The zero-order chi connectivity index (χ0) is 17.8. The van der Waals surface area contributed by atoms with Crippen LogP contribution in [0.1, 0.15) is 57.9 Å². The van der Waals surface area contributed by atoms with Crippen molar-refractivity contribution in [3.63, 3.8) is 0 Å². The van der Waals surface area contributed by atoms with Crippen LogP contribution in [0.5, 0.6) is 5.75 Å². The van der Waals surface area contributed by atoms with E-state index in [0.29, 0.717) is 9.23 Å². The summed E-state index contributed by atoms with van der Waals surface area (Å²) in [6, 6.07) is 8.16. The summed E-state index contributed by atoms with van der Waals surface area (Å²) in [4.78, 5) is 15.5. The summed E-state index contributed by atoms with van der Waals surface area (Å²) in [5.41, 5.74) is 0.937. The second kappa shape index (κ2) is 8.37. The summed E-state index contributed by atoms with van der Waals surface area (Å²) in [5, 5.41) is 0. The number of ether oxygens (including phenoxy) is 1. The monoisotopic (exact) mass is 375 g/mol. The third kappa shape index (κ3) is 4.26. The molecule has 0 aromatic heterocycles. The minimum Gasteiger partial charge on any atom is -0.490 e. The van der Waals surface area contributed by atoms with Crippen LogP contribution < -0.4 is 4.74 Å². The fourth-order valence-electron chi connectivity index (χ4n) is 3.28. The average Bonchev–Trinajstić information content (AvgIpc) is 2.90. The maximum absolute atomic E-state index is 12.9. The molecule has 0 unspecified atom stereocenters.